The van der Waals surface area contributed by atoms with Crippen molar-refractivity contribution in [3.05, 3.63) is 23.3 Å². The second-order valence-corrected chi connectivity index (χ2v) is 13.4. The van der Waals surface area contributed by atoms with Crippen LogP contribution >= 0.6 is 0 Å². The molecule has 3 aliphatic carbocycles. The number of esters is 1. The normalized spacial score (nSPS) is 43.7. The van der Waals surface area contributed by atoms with Gasteiger partial charge in [-0.3, -0.25) is 4.79 Å². The Balaban J connectivity index is 1.64. The fourth-order valence-corrected chi connectivity index (χ4v) is 9.15. The fraction of sp³-hybridized carbons (Fsp3) is 0.833. The summed E-state index contributed by atoms with van der Waals surface area (Å²) in [5, 5.41) is 0. The smallest absolute Gasteiger partial charge is 0.306 e. The summed E-state index contributed by atoms with van der Waals surface area (Å²) in [7, 11) is 0. The number of hydrogen-bond donors (Lipinski definition) is 0. The second-order valence-electron chi connectivity index (χ2n) is 13.4. The Hall–Kier alpha value is -1.05. The van der Waals surface area contributed by atoms with Gasteiger partial charge in [-0.25, -0.2) is 0 Å². The highest BCUT2D eigenvalue weighted by molar-refractivity contribution is 5.70. The number of rotatable bonds is 4. The maximum atomic E-state index is 12.4. The van der Waals surface area contributed by atoms with Gasteiger partial charge in [0.1, 0.15) is 5.60 Å². The molecule has 0 radical (unpaired) electrons. The molecule has 0 aromatic rings. The van der Waals surface area contributed by atoms with Crippen LogP contribution in [0.5, 0.6) is 0 Å². The van der Waals surface area contributed by atoms with Gasteiger partial charge in [-0.1, -0.05) is 51.0 Å². The summed E-state index contributed by atoms with van der Waals surface area (Å²) in [4.78, 5) is 12.4. The molecule has 0 aromatic heterocycles. The maximum Gasteiger partial charge on any atom is 0.306 e. The van der Waals surface area contributed by atoms with Crippen LogP contribution in [0.25, 0.3) is 0 Å². The first-order valence-corrected chi connectivity index (χ1v) is 13.4. The minimum absolute atomic E-state index is 0.00477. The number of carbonyl (C=O) groups is 1. The van der Waals surface area contributed by atoms with Crippen molar-refractivity contribution in [3.8, 4) is 0 Å². The maximum absolute atomic E-state index is 12.4. The van der Waals surface area contributed by atoms with Crippen molar-refractivity contribution >= 4 is 5.97 Å². The van der Waals surface area contributed by atoms with E-state index in [0.717, 1.165) is 24.7 Å². The lowest BCUT2D eigenvalue weighted by Gasteiger charge is -2.61. The Morgan fingerprint density at radius 2 is 1.84 bits per heavy atom. The molecule has 3 fully saturated rings. The minimum atomic E-state index is -0.371. The predicted octanol–water partition coefficient (Wildman–Crippen LogP) is 8.27. The third kappa shape index (κ3) is 3.54. The zero-order chi connectivity index (χ0) is 23.5. The summed E-state index contributed by atoms with van der Waals surface area (Å²) in [5.41, 5.74) is 3.70. The lowest BCUT2D eigenvalue weighted by molar-refractivity contribution is -0.163. The van der Waals surface area contributed by atoms with E-state index in [9.17, 15) is 4.79 Å². The molecule has 1 saturated heterocycles. The van der Waals surface area contributed by atoms with Crippen molar-refractivity contribution in [3.63, 3.8) is 0 Å². The van der Waals surface area contributed by atoms with Crippen LogP contribution in [0.15, 0.2) is 23.3 Å². The van der Waals surface area contributed by atoms with Gasteiger partial charge in [0.15, 0.2) is 0 Å². The quantitative estimate of drug-likeness (QED) is 0.325. The summed E-state index contributed by atoms with van der Waals surface area (Å²) < 4.78 is 5.97. The molecule has 0 aromatic carbocycles. The Morgan fingerprint density at radius 1 is 1.12 bits per heavy atom. The lowest BCUT2D eigenvalue weighted by atomic mass is 9.44. The first-order valence-electron chi connectivity index (χ1n) is 13.4. The Morgan fingerprint density at radius 3 is 2.53 bits per heavy atom. The molecule has 2 heteroatoms. The Labute approximate surface area is 197 Å². The average molecular weight is 441 g/mol. The van der Waals surface area contributed by atoms with Crippen LogP contribution in [0.3, 0.4) is 0 Å². The summed E-state index contributed by atoms with van der Waals surface area (Å²) in [6.07, 6.45) is 15.6. The van der Waals surface area contributed by atoms with E-state index in [0.29, 0.717) is 29.1 Å². The van der Waals surface area contributed by atoms with Crippen molar-refractivity contribution in [1.29, 1.82) is 0 Å². The highest BCUT2D eigenvalue weighted by Crippen LogP contribution is 2.72. The van der Waals surface area contributed by atoms with E-state index in [4.69, 9.17) is 4.74 Å². The number of allylic oxidation sites excluding steroid dienone is 4. The molecule has 2 nitrogen and oxygen atoms in total. The molecule has 0 bridgehead atoms. The molecule has 32 heavy (non-hydrogen) atoms. The topological polar surface area (TPSA) is 26.3 Å². The van der Waals surface area contributed by atoms with E-state index in [2.05, 4.69) is 67.5 Å². The molecular weight excluding hydrogens is 392 g/mol. The third-order valence-corrected chi connectivity index (χ3v) is 11.1. The molecule has 4 rings (SSSR count). The molecule has 2 saturated carbocycles. The summed E-state index contributed by atoms with van der Waals surface area (Å²) in [6, 6.07) is 0. The Kier molecular flexibility index (Phi) is 6.04. The highest BCUT2D eigenvalue weighted by Gasteiger charge is 2.64. The summed E-state index contributed by atoms with van der Waals surface area (Å²) in [5.74, 6) is 2.63. The van der Waals surface area contributed by atoms with Gasteiger partial charge in [-0.2, -0.15) is 0 Å². The standard InChI is InChI=1S/C30H48O2/c1-20(2)10-9-11-21(3)22-14-18-30(8)24-12-13-25-27(4,5)32-26(31)16-17-28(25,6)23(24)15-19-29(22,30)7/h10,12,21-23,25H,9,11,13-19H2,1-8H3. The van der Waals surface area contributed by atoms with Crippen LogP contribution in [0.1, 0.15) is 113 Å². The van der Waals surface area contributed by atoms with Gasteiger partial charge in [-0.15, -0.1) is 0 Å². The minimum Gasteiger partial charge on any atom is -0.459 e. The SMILES string of the molecule is CC(C)=CCCC(C)C1CCC2(C)C3=CCC4C(C)(C)OC(=O)CCC4(C)C3CCC12C. The fourth-order valence-electron chi connectivity index (χ4n) is 9.15. The molecule has 0 spiro atoms. The van der Waals surface area contributed by atoms with E-state index in [1.165, 1.54) is 44.1 Å². The van der Waals surface area contributed by atoms with E-state index in [-0.39, 0.29) is 17.0 Å². The molecule has 1 aliphatic heterocycles. The van der Waals surface area contributed by atoms with E-state index in [1.54, 1.807) is 5.57 Å². The van der Waals surface area contributed by atoms with Crippen LogP contribution < -0.4 is 0 Å². The van der Waals surface area contributed by atoms with Gasteiger partial charge in [0, 0.05) is 12.3 Å². The second kappa shape index (κ2) is 8.02. The molecule has 4 aliphatic rings. The van der Waals surface area contributed by atoms with Crippen molar-refractivity contribution in [1.82, 2.24) is 0 Å². The van der Waals surface area contributed by atoms with Gasteiger partial charge in [0.2, 0.25) is 0 Å². The third-order valence-electron chi connectivity index (χ3n) is 11.1. The van der Waals surface area contributed by atoms with Crippen molar-refractivity contribution in [2.45, 2.75) is 119 Å². The highest BCUT2D eigenvalue weighted by atomic mass is 16.6. The molecule has 7 unspecified atom stereocenters. The summed E-state index contributed by atoms with van der Waals surface area (Å²) >= 11 is 0. The molecule has 7 atom stereocenters. The molecule has 180 valence electrons. The van der Waals surface area contributed by atoms with Gasteiger partial charge >= 0.3 is 5.97 Å². The number of hydrogen-bond acceptors (Lipinski definition) is 2. The number of fused-ring (bicyclic) bond motifs is 5. The van der Waals surface area contributed by atoms with Crippen LogP contribution in [0.4, 0.5) is 0 Å². The predicted molar refractivity (Wildman–Crippen MR) is 133 cm³/mol. The zero-order valence-electron chi connectivity index (χ0n) is 22.1. The Bertz CT molecular complexity index is 815. The number of cyclic esters (lactones) is 1. The van der Waals surface area contributed by atoms with E-state index < -0.39 is 0 Å². The van der Waals surface area contributed by atoms with Crippen molar-refractivity contribution < 1.29 is 9.53 Å². The molecule has 0 N–H and O–H groups in total. The monoisotopic (exact) mass is 440 g/mol. The number of ether oxygens (including phenoxy) is 1. The first-order chi connectivity index (χ1) is 14.8. The van der Waals surface area contributed by atoms with Gasteiger partial charge in [-0.05, 0) is 113 Å². The van der Waals surface area contributed by atoms with Crippen molar-refractivity contribution in [2.75, 3.05) is 0 Å². The van der Waals surface area contributed by atoms with Crippen LogP contribution in [-0.4, -0.2) is 11.6 Å². The lowest BCUT2D eigenvalue weighted by Crippen LogP contribution is -2.55. The zero-order valence-corrected chi connectivity index (χ0v) is 22.1. The van der Waals surface area contributed by atoms with Crippen LogP contribution in [-0.2, 0) is 9.53 Å². The first kappa shape index (κ1) is 24.1. The molecule has 1 heterocycles. The molecule has 0 amide bonds. The average Bonchev–Trinajstić information content (AvgIpc) is 2.92. The van der Waals surface area contributed by atoms with Gasteiger partial charge in [0.25, 0.3) is 0 Å². The van der Waals surface area contributed by atoms with Crippen molar-refractivity contribution in [2.24, 2.45) is 39.9 Å². The molecular formula is C30H48O2. The van der Waals surface area contributed by atoms with E-state index in [1.807, 2.05) is 0 Å². The van der Waals surface area contributed by atoms with E-state index >= 15 is 0 Å². The number of carbonyl (C=O) groups excluding carboxylic acids is 1. The summed E-state index contributed by atoms with van der Waals surface area (Å²) in [6.45, 7) is 19.0. The largest absolute Gasteiger partial charge is 0.459 e. The van der Waals surface area contributed by atoms with Crippen LogP contribution in [0.2, 0.25) is 0 Å². The van der Waals surface area contributed by atoms with Crippen LogP contribution in [0, 0.1) is 39.9 Å². The van der Waals surface area contributed by atoms with Gasteiger partial charge in [0.05, 0.1) is 0 Å². The van der Waals surface area contributed by atoms with Gasteiger partial charge < -0.3 is 4.74 Å².